The Labute approximate surface area is 103 Å². The van der Waals surface area contributed by atoms with Crippen molar-refractivity contribution in [2.75, 3.05) is 11.5 Å². The molecule has 0 spiro atoms. The summed E-state index contributed by atoms with van der Waals surface area (Å²) in [5.74, 6) is 2.60. The van der Waals surface area contributed by atoms with Crippen LogP contribution in [-0.4, -0.2) is 17.5 Å². The molecule has 0 saturated carbocycles. The second kappa shape index (κ2) is 5.37. The average molecular weight is 319 g/mol. The highest BCUT2D eigenvalue weighted by Crippen LogP contribution is 2.18. The Kier molecular flexibility index (Phi) is 4.13. The second-order valence-corrected chi connectivity index (χ2v) is 5.84. The summed E-state index contributed by atoms with van der Waals surface area (Å²) in [6.45, 7) is 1.02. The van der Waals surface area contributed by atoms with Crippen molar-refractivity contribution in [2.24, 2.45) is 0 Å². The molecular formula is C11H14INS. The molecule has 1 nitrogen and oxygen atoms in total. The molecule has 2 rings (SSSR count). The number of thioether (sulfide) groups is 1. The molecule has 14 heavy (non-hydrogen) atoms. The second-order valence-electron chi connectivity index (χ2n) is 3.53. The molecule has 0 aliphatic carbocycles. The van der Waals surface area contributed by atoms with Gasteiger partial charge in [-0.15, -0.1) is 0 Å². The van der Waals surface area contributed by atoms with Gasteiger partial charge in [-0.05, 0) is 46.4 Å². The van der Waals surface area contributed by atoms with Crippen LogP contribution in [0.15, 0.2) is 24.3 Å². The Morgan fingerprint density at radius 1 is 1.43 bits per heavy atom. The summed E-state index contributed by atoms with van der Waals surface area (Å²) < 4.78 is 1.36. The Hall–Kier alpha value is 0.260. The van der Waals surface area contributed by atoms with Crippen molar-refractivity contribution in [2.45, 2.75) is 19.0 Å². The fraction of sp³-hybridized carbons (Fsp3) is 0.455. The lowest BCUT2D eigenvalue weighted by Crippen LogP contribution is -2.28. The summed E-state index contributed by atoms with van der Waals surface area (Å²) in [6.07, 6.45) is 1.33. The van der Waals surface area contributed by atoms with Crippen molar-refractivity contribution in [3.63, 3.8) is 0 Å². The molecule has 0 radical (unpaired) electrons. The SMILES string of the molecule is Ic1ccccc1CNC1CCSC1. The van der Waals surface area contributed by atoms with Gasteiger partial charge < -0.3 is 5.32 Å². The molecule has 1 heterocycles. The van der Waals surface area contributed by atoms with E-state index in [2.05, 4.69) is 63.9 Å². The molecule has 1 N–H and O–H groups in total. The lowest BCUT2D eigenvalue weighted by Gasteiger charge is -2.11. The van der Waals surface area contributed by atoms with E-state index < -0.39 is 0 Å². The molecule has 0 amide bonds. The van der Waals surface area contributed by atoms with E-state index in [4.69, 9.17) is 0 Å². The number of halogens is 1. The molecule has 1 aromatic rings. The fourth-order valence-corrected chi connectivity index (χ4v) is 3.36. The number of benzene rings is 1. The van der Waals surface area contributed by atoms with Crippen molar-refractivity contribution in [3.8, 4) is 0 Å². The smallest absolute Gasteiger partial charge is 0.0218 e. The van der Waals surface area contributed by atoms with Gasteiger partial charge in [-0.25, -0.2) is 0 Å². The molecule has 1 aliphatic heterocycles. The first-order chi connectivity index (χ1) is 6.86. The number of hydrogen-bond donors (Lipinski definition) is 1. The molecule has 1 aromatic carbocycles. The van der Waals surface area contributed by atoms with Gasteiger partial charge in [0, 0.05) is 21.9 Å². The first kappa shape index (κ1) is 10.8. The van der Waals surface area contributed by atoms with Crippen LogP contribution in [0.25, 0.3) is 0 Å². The van der Waals surface area contributed by atoms with Crippen LogP contribution in [-0.2, 0) is 6.54 Å². The van der Waals surface area contributed by atoms with Crippen LogP contribution in [0.1, 0.15) is 12.0 Å². The van der Waals surface area contributed by atoms with Crippen molar-refractivity contribution in [1.29, 1.82) is 0 Å². The first-order valence-corrected chi connectivity index (χ1v) is 7.14. The van der Waals surface area contributed by atoms with E-state index in [1.165, 1.54) is 27.1 Å². The molecular weight excluding hydrogens is 305 g/mol. The molecule has 1 saturated heterocycles. The Balaban J connectivity index is 1.88. The monoisotopic (exact) mass is 319 g/mol. The molecule has 0 bridgehead atoms. The third-order valence-electron chi connectivity index (χ3n) is 2.47. The minimum Gasteiger partial charge on any atom is -0.309 e. The normalized spacial score (nSPS) is 21.4. The zero-order chi connectivity index (χ0) is 9.80. The van der Waals surface area contributed by atoms with Crippen LogP contribution < -0.4 is 5.32 Å². The molecule has 3 heteroatoms. The molecule has 1 unspecified atom stereocenters. The summed E-state index contributed by atoms with van der Waals surface area (Å²) in [5, 5.41) is 3.61. The number of nitrogens with one attached hydrogen (secondary N) is 1. The van der Waals surface area contributed by atoms with E-state index >= 15 is 0 Å². The van der Waals surface area contributed by atoms with Gasteiger partial charge in [-0.3, -0.25) is 0 Å². The maximum atomic E-state index is 3.61. The maximum Gasteiger partial charge on any atom is 0.0218 e. The predicted molar refractivity (Wildman–Crippen MR) is 71.7 cm³/mol. The van der Waals surface area contributed by atoms with Gasteiger partial charge in [-0.2, -0.15) is 11.8 Å². The van der Waals surface area contributed by atoms with Crippen LogP contribution >= 0.6 is 34.4 Å². The van der Waals surface area contributed by atoms with E-state index in [1.807, 2.05) is 0 Å². The van der Waals surface area contributed by atoms with Gasteiger partial charge in [0.25, 0.3) is 0 Å². The topological polar surface area (TPSA) is 12.0 Å². The zero-order valence-electron chi connectivity index (χ0n) is 8.00. The number of rotatable bonds is 3. The van der Waals surface area contributed by atoms with Crippen LogP contribution in [0, 0.1) is 3.57 Å². The van der Waals surface area contributed by atoms with E-state index in [1.54, 1.807) is 0 Å². The van der Waals surface area contributed by atoms with Crippen LogP contribution in [0.2, 0.25) is 0 Å². The van der Waals surface area contributed by atoms with E-state index in [0.29, 0.717) is 0 Å². The summed E-state index contributed by atoms with van der Waals surface area (Å²) in [5.41, 5.74) is 1.42. The molecule has 1 atom stereocenters. The van der Waals surface area contributed by atoms with Gasteiger partial charge >= 0.3 is 0 Å². The van der Waals surface area contributed by atoms with Gasteiger partial charge in [0.05, 0.1) is 0 Å². The Morgan fingerprint density at radius 2 is 2.29 bits per heavy atom. The highest BCUT2D eigenvalue weighted by molar-refractivity contribution is 14.1. The molecule has 1 fully saturated rings. The highest BCUT2D eigenvalue weighted by Gasteiger charge is 2.14. The van der Waals surface area contributed by atoms with Gasteiger partial charge in [0.1, 0.15) is 0 Å². The predicted octanol–water partition coefficient (Wildman–Crippen LogP) is 2.89. The summed E-state index contributed by atoms with van der Waals surface area (Å²) >= 11 is 4.46. The summed E-state index contributed by atoms with van der Waals surface area (Å²) in [4.78, 5) is 0. The third kappa shape index (κ3) is 2.87. The standard InChI is InChI=1S/C11H14INS/c12-11-4-2-1-3-9(11)7-13-10-5-6-14-8-10/h1-4,10,13H,5-8H2. The molecule has 76 valence electrons. The Morgan fingerprint density at radius 3 is 3.00 bits per heavy atom. The number of hydrogen-bond acceptors (Lipinski definition) is 2. The van der Waals surface area contributed by atoms with Crippen molar-refractivity contribution < 1.29 is 0 Å². The lowest BCUT2D eigenvalue weighted by molar-refractivity contribution is 0.557. The van der Waals surface area contributed by atoms with Gasteiger partial charge in [0.15, 0.2) is 0 Å². The quantitative estimate of drug-likeness (QED) is 0.860. The largest absolute Gasteiger partial charge is 0.309 e. The minimum atomic E-state index is 0.732. The molecule has 1 aliphatic rings. The average Bonchev–Trinajstić information content (AvgIpc) is 2.69. The van der Waals surface area contributed by atoms with Crippen molar-refractivity contribution >= 4 is 34.4 Å². The third-order valence-corrected chi connectivity index (χ3v) is 4.68. The summed E-state index contributed by atoms with van der Waals surface area (Å²) in [6, 6.07) is 9.31. The van der Waals surface area contributed by atoms with E-state index in [9.17, 15) is 0 Å². The Bertz CT molecular complexity index is 297. The van der Waals surface area contributed by atoms with Crippen LogP contribution in [0.5, 0.6) is 0 Å². The van der Waals surface area contributed by atoms with Crippen LogP contribution in [0.4, 0.5) is 0 Å². The first-order valence-electron chi connectivity index (χ1n) is 4.91. The zero-order valence-corrected chi connectivity index (χ0v) is 11.0. The maximum absolute atomic E-state index is 3.61. The lowest BCUT2D eigenvalue weighted by atomic mass is 10.2. The van der Waals surface area contributed by atoms with Gasteiger partial charge in [0.2, 0.25) is 0 Å². The van der Waals surface area contributed by atoms with Crippen LogP contribution in [0.3, 0.4) is 0 Å². The molecule has 0 aromatic heterocycles. The fourth-order valence-electron chi connectivity index (χ4n) is 1.59. The minimum absolute atomic E-state index is 0.732. The van der Waals surface area contributed by atoms with Crippen molar-refractivity contribution in [1.82, 2.24) is 5.32 Å². The van der Waals surface area contributed by atoms with E-state index in [-0.39, 0.29) is 0 Å². The van der Waals surface area contributed by atoms with Crippen molar-refractivity contribution in [3.05, 3.63) is 33.4 Å². The highest BCUT2D eigenvalue weighted by atomic mass is 127. The van der Waals surface area contributed by atoms with Gasteiger partial charge in [-0.1, -0.05) is 18.2 Å². The van der Waals surface area contributed by atoms with E-state index in [0.717, 1.165) is 12.6 Å². The summed E-state index contributed by atoms with van der Waals surface area (Å²) in [7, 11) is 0.